The van der Waals surface area contributed by atoms with E-state index in [2.05, 4.69) is 20.8 Å². The van der Waals surface area contributed by atoms with E-state index >= 15 is 0 Å². The molecule has 0 aliphatic heterocycles. The molecule has 1 N–H and O–H groups in total. The Kier molecular flexibility index (Phi) is 5.21. The molecule has 0 bridgehead atoms. The number of rotatable bonds is 5. The number of hydrogen-bond donors (Lipinski definition) is 1. The minimum atomic E-state index is -1.41. The maximum Gasteiger partial charge on any atom is 0.310 e. The van der Waals surface area contributed by atoms with Gasteiger partial charge in [-0.3, -0.25) is 9.59 Å². The molecular weight excluding hydrogens is 304 g/mol. The lowest BCUT2D eigenvalue weighted by atomic mass is 9.75. The van der Waals surface area contributed by atoms with Crippen molar-refractivity contribution in [2.24, 2.45) is 35.0 Å². The van der Waals surface area contributed by atoms with E-state index in [1.54, 1.807) is 0 Å². The summed E-state index contributed by atoms with van der Waals surface area (Å²) in [5.41, 5.74) is -1.83. The van der Waals surface area contributed by atoms with Crippen LogP contribution in [0.4, 0.5) is 0 Å². The smallest absolute Gasteiger partial charge is 0.310 e. The van der Waals surface area contributed by atoms with Gasteiger partial charge in [0.2, 0.25) is 0 Å². The van der Waals surface area contributed by atoms with Crippen molar-refractivity contribution in [1.82, 2.24) is 0 Å². The summed E-state index contributed by atoms with van der Waals surface area (Å²) in [5.74, 6) is 0.0646. The molecule has 138 valence electrons. The van der Waals surface area contributed by atoms with Gasteiger partial charge in [0.1, 0.15) is 11.7 Å². The van der Waals surface area contributed by atoms with Crippen LogP contribution in [0.3, 0.4) is 0 Å². The molecule has 2 aliphatic carbocycles. The number of ether oxygens (including phenoxy) is 1. The van der Waals surface area contributed by atoms with Crippen LogP contribution in [-0.4, -0.2) is 28.6 Å². The lowest BCUT2D eigenvalue weighted by Crippen LogP contribution is -2.37. The van der Waals surface area contributed by atoms with Crippen molar-refractivity contribution in [1.29, 1.82) is 0 Å². The van der Waals surface area contributed by atoms with E-state index in [0.717, 1.165) is 12.8 Å². The zero-order chi connectivity index (χ0) is 18.4. The van der Waals surface area contributed by atoms with Crippen LogP contribution in [0.15, 0.2) is 0 Å². The maximum absolute atomic E-state index is 12.7. The fourth-order valence-electron chi connectivity index (χ4n) is 4.42. The van der Waals surface area contributed by atoms with E-state index in [1.807, 2.05) is 13.8 Å². The first-order valence-corrected chi connectivity index (χ1v) is 9.34. The number of aliphatic hydroxyl groups is 1. The van der Waals surface area contributed by atoms with Gasteiger partial charge in [0.05, 0.1) is 5.92 Å². The van der Waals surface area contributed by atoms with Crippen molar-refractivity contribution in [3.8, 4) is 0 Å². The van der Waals surface area contributed by atoms with Crippen molar-refractivity contribution in [3.05, 3.63) is 0 Å². The van der Waals surface area contributed by atoms with Gasteiger partial charge in [-0.1, -0.05) is 41.0 Å². The van der Waals surface area contributed by atoms with E-state index in [1.165, 1.54) is 20.3 Å². The Morgan fingerprint density at radius 2 is 1.75 bits per heavy atom. The van der Waals surface area contributed by atoms with Gasteiger partial charge in [0, 0.05) is 5.92 Å². The molecule has 4 heteroatoms. The van der Waals surface area contributed by atoms with Crippen molar-refractivity contribution in [2.75, 3.05) is 0 Å². The molecule has 0 aromatic rings. The average Bonchev–Trinajstić information content (AvgIpc) is 2.99. The molecule has 0 heterocycles. The van der Waals surface area contributed by atoms with Gasteiger partial charge in [-0.25, -0.2) is 0 Å². The number of esters is 1. The van der Waals surface area contributed by atoms with Crippen molar-refractivity contribution < 1.29 is 19.4 Å². The molecule has 0 spiro atoms. The van der Waals surface area contributed by atoms with Crippen LogP contribution in [0.1, 0.15) is 67.7 Å². The van der Waals surface area contributed by atoms with E-state index in [-0.39, 0.29) is 17.9 Å². The highest BCUT2D eigenvalue weighted by Crippen LogP contribution is 2.60. The summed E-state index contributed by atoms with van der Waals surface area (Å²) in [4.78, 5) is 25.2. The molecule has 4 nitrogen and oxygen atoms in total. The second-order valence-corrected chi connectivity index (χ2v) is 9.50. The van der Waals surface area contributed by atoms with Gasteiger partial charge in [0.25, 0.3) is 0 Å². The molecule has 24 heavy (non-hydrogen) atoms. The third-order valence-electron chi connectivity index (χ3n) is 6.20. The fourth-order valence-corrected chi connectivity index (χ4v) is 4.42. The summed E-state index contributed by atoms with van der Waals surface area (Å²) < 4.78 is 5.92. The van der Waals surface area contributed by atoms with Crippen LogP contribution >= 0.6 is 0 Å². The molecule has 0 amide bonds. The first-order valence-electron chi connectivity index (χ1n) is 9.34. The molecule has 2 aliphatic rings. The van der Waals surface area contributed by atoms with E-state index in [0.29, 0.717) is 17.8 Å². The summed E-state index contributed by atoms with van der Waals surface area (Å²) in [7, 11) is 0. The van der Waals surface area contributed by atoms with E-state index in [4.69, 9.17) is 4.74 Å². The number of hydrogen-bond acceptors (Lipinski definition) is 4. The summed E-state index contributed by atoms with van der Waals surface area (Å²) >= 11 is 0. The minimum Gasteiger partial charge on any atom is -0.462 e. The topological polar surface area (TPSA) is 63.6 Å². The second kappa shape index (κ2) is 6.44. The van der Waals surface area contributed by atoms with Gasteiger partial charge in [-0.15, -0.1) is 0 Å². The fraction of sp³-hybridized carbons (Fsp3) is 0.900. The Hall–Kier alpha value is -0.900. The van der Waals surface area contributed by atoms with Crippen molar-refractivity contribution in [2.45, 2.75) is 79.4 Å². The SMILES string of the molecule is CC1CCC(C(C)C)C(OC(=O)C2C(C(=O)C(C)(C)O)C2(C)C)C1. The average molecular weight is 338 g/mol. The first kappa shape index (κ1) is 19.4. The quantitative estimate of drug-likeness (QED) is 0.778. The minimum absolute atomic E-state index is 0.0458. The zero-order valence-electron chi connectivity index (χ0n) is 16.3. The molecule has 0 aromatic heterocycles. The highest BCUT2D eigenvalue weighted by atomic mass is 16.5. The van der Waals surface area contributed by atoms with E-state index < -0.39 is 22.9 Å². The largest absolute Gasteiger partial charge is 0.462 e. The van der Waals surface area contributed by atoms with Crippen LogP contribution in [-0.2, 0) is 14.3 Å². The van der Waals surface area contributed by atoms with Crippen LogP contribution in [0, 0.1) is 35.0 Å². The van der Waals surface area contributed by atoms with Crippen molar-refractivity contribution >= 4 is 11.8 Å². The van der Waals surface area contributed by atoms with E-state index in [9.17, 15) is 14.7 Å². The molecule has 2 fully saturated rings. The molecule has 0 radical (unpaired) electrons. The van der Waals surface area contributed by atoms with Crippen LogP contribution < -0.4 is 0 Å². The molecule has 0 aromatic carbocycles. The normalized spacial score (nSPS) is 35.6. The summed E-state index contributed by atoms with van der Waals surface area (Å²) in [6, 6.07) is 0. The standard InChI is InChI=1S/C20H34O4/c1-11(2)13-9-8-12(3)10-14(13)24-18(22)16-15(19(16,4)5)17(21)20(6,7)23/h11-16,23H,8-10H2,1-7H3. The molecule has 5 atom stereocenters. The van der Waals surface area contributed by atoms with Crippen LogP contribution in [0.2, 0.25) is 0 Å². The monoisotopic (exact) mass is 338 g/mol. The van der Waals surface area contributed by atoms with Crippen LogP contribution in [0.25, 0.3) is 0 Å². The molecule has 2 rings (SSSR count). The number of carbonyl (C=O) groups is 2. The third-order valence-corrected chi connectivity index (χ3v) is 6.20. The highest BCUT2D eigenvalue weighted by molar-refractivity contribution is 5.97. The maximum atomic E-state index is 12.7. The Bertz CT molecular complexity index is 500. The van der Waals surface area contributed by atoms with Gasteiger partial charge in [-0.05, 0) is 49.9 Å². The number of ketones is 1. The summed E-state index contributed by atoms with van der Waals surface area (Å²) in [6.45, 7) is 13.4. The molecule has 2 saturated carbocycles. The van der Waals surface area contributed by atoms with Gasteiger partial charge < -0.3 is 9.84 Å². The lowest BCUT2D eigenvalue weighted by molar-refractivity contribution is -0.159. The second-order valence-electron chi connectivity index (χ2n) is 9.50. The Balaban J connectivity index is 2.07. The predicted molar refractivity (Wildman–Crippen MR) is 93.3 cm³/mol. The first-order chi connectivity index (χ1) is 10.9. The third kappa shape index (κ3) is 3.68. The Morgan fingerprint density at radius 3 is 2.25 bits per heavy atom. The molecule has 0 saturated heterocycles. The number of Topliss-reactive ketones (excluding diaryl/α,β-unsaturated/α-hetero) is 1. The Morgan fingerprint density at radius 1 is 1.17 bits per heavy atom. The van der Waals surface area contributed by atoms with Crippen LogP contribution in [0.5, 0.6) is 0 Å². The molecule has 5 unspecified atom stereocenters. The van der Waals surface area contributed by atoms with Gasteiger partial charge in [0.15, 0.2) is 5.78 Å². The lowest BCUT2D eigenvalue weighted by Gasteiger charge is -2.36. The van der Waals surface area contributed by atoms with Gasteiger partial charge >= 0.3 is 5.97 Å². The predicted octanol–water partition coefficient (Wildman–Crippen LogP) is 3.60. The Labute approximate surface area is 146 Å². The van der Waals surface area contributed by atoms with Gasteiger partial charge in [-0.2, -0.15) is 0 Å². The number of carbonyl (C=O) groups excluding carboxylic acids is 2. The molecular formula is C20H34O4. The highest BCUT2D eigenvalue weighted by Gasteiger charge is 2.68. The van der Waals surface area contributed by atoms with Crippen molar-refractivity contribution in [3.63, 3.8) is 0 Å². The summed E-state index contributed by atoms with van der Waals surface area (Å²) in [6.07, 6.45) is 3.14. The zero-order valence-corrected chi connectivity index (χ0v) is 16.3. The summed E-state index contributed by atoms with van der Waals surface area (Å²) in [5, 5.41) is 10.00.